The van der Waals surface area contributed by atoms with Gasteiger partial charge < -0.3 is 9.88 Å². The average molecular weight is 211 g/mol. The first kappa shape index (κ1) is 11.0. The standard InChI is InChI=1S/C8H13N5S/c1-8(4-9,10-2)5-14-7-12-11-6-13(7)3/h6,10H,5H2,1-3H3. The Morgan fingerprint density at radius 1 is 1.79 bits per heavy atom. The minimum Gasteiger partial charge on any atom is -0.312 e. The lowest BCUT2D eigenvalue weighted by molar-refractivity contribution is 0.549. The molecule has 1 heterocycles. The lowest BCUT2D eigenvalue weighted by atomic mass is 10.1. The maximum Gasteiger partial charge on any atom is 0.190 e. The van der Waals surface area contributed by atoms with Crippen LogP contribution in [0, 0.1) is 11.3 Å². The third-order valence-electron chi connectivity index (χ3n) is 1.96. The maximum absolute atomic E-state index is 8.91. The number of rotatable bonds is 4. The van der Waals surface area contributed by atoms with Crippen molar-refractivity contribution in [3.63, 3.8) is 0 Å². The van der Waals surface area contributed by atoms with Crippen molar-refractivity contribution in [1.29, 1.82) is 5.26 Å². The number of hydrogen-bond donors (Lipinski definition) is 1. The van der Waals surface area contributed by atoms with Crippen molar-refractivity contribution >= 4 is 11.8 Å². The molecule has 1 aromatic rings. The molecular formula is C8H13N5S. The molecule has 0 saturated carbocycles. The predicted octanol–water partition coefficient (Wildman–Crippen LogP) is 0.409. The van der Waals surface area contributed by atoms with E-state index in [-0.39, 0.29) is 0 Å². The summed E-state index contributed by atoms with van der Waals surface area (Å²) < 4.78 is 1.83. The van der Waals surface area contributed by atoms with Gasteiger partial charge in [0, 0.05) is 12.8 Å². The Labute approximate surface area is 87.5 Å². The maximum atomic E-state index is 8.91. The summed E-state index contributed by atoms with van der Waals surface area (Å²) in [7, 11) is 3.66. The van der Waals surface area contributed by atoms with Crippen molar-refractivity contribution in [1.82, 2.24) is 20.1 Å². The van der Waals surface area contributed by atoms with E-state index in [0.29, 0.717) is 5.75 Å². The van der Waals surface area contributed by atoms with Crippen LogP contribution in [0.15, 0.2) is 11.5 Å². The SMILES string of the molecule is CNC(C)(C#N)CSc1nncn1C. The highest BCUT2D eigenvalue weighted by molar-refractivity contribution is 7.99. The van der Waals surface area contributed by atoms with Crippen LogP contribution in [0.5, 0.6) is 0 Å². The van der Waals surface area contributed by atoms with E-state index in [1.54, 1.807) is 13.4 Å². The van der Waals surface area contributed by atoms with Gasteiger partial charge in [0.05, 0.1) is 6.07 Å². The van der Waals surface area contributed by atoms with Crippen LogP contribution in [0.4, 0.5) is 0 Å². The lowest BCUT2D eigenvalue weighted by Crippen LogP contribution is -2.40. The monoisotopic (exact) mass is 211 g/mol. The topological polar surface area (TPSA) is 66.5 Å². The molecule has 76 valence electrons. The van der Waals surface area contributed by atoms with E-state index in [4.69, 9.17) is 5.26 Å². The van der Waals surface area contributed by atoms with E-state index >= 15 is 0 Å². The minimum absolute atomic E-state index is 0.517. The number of thioether (sulfide) groups is 1. The molecule has 5 nitrogen and oxygen atoms in total. The zero-order valence-electron chi connectivity index (χ0n) is 8.48. The average Bonchev–Trinajstić information content (AvgIpc) is 2.61. The van der Waals surface area contributed by atoms with E-state index in [1.807, 2.05) is 18.5 Å². The molecule has 0 aliphatic heterocycles. The van der Waals surface area contributed by atoms with Gasteiger partial charge >= 0.3 is 0 Å². The Balaban J connectivity index is 2.57. The summed E-state index contributed by atoms with van der Waals surface area (Å²) in [5.74, 6) is 0.645. The smallest absolute Gasteiger partial charge is 0.190 e. The van der Waals surface area contributed by atoms with Crippen LogP contribution in [-0.2, 0) is 7.05 Å². The third kappa shape index (κ3) is 2.47. The van der Waals surface area contributed by atoms with Gasteiger partial charge in [-0.15, -0.1) is 10.2 Å². The first-order valence-corrected chi connectivity index (χ1v) is 5.17. The molecule has 1 rings (SSSR count). The first-order valence-electron chi connectivity index (χ1n) is 4.18. The van der Waals surface area contributed by atoms with E-state index in [1.165, 1.54) is 11.8 Å². The second kappa shape index (κ2) is 4.44. The van der Waals surface area contributed by atoms with Crippen LogP contribution in [0.2, 0.25) is 0 Å². The molecule has 1 N–H and O–H groups in total. The van der Waals surface area contributed by atoms with E-state index in [0.717, 1.165) is 5.16 Å². The van der Waals surface area contributed by atoms with Crippen LogP contribution in [0.1, 0.15) is 6.92 Å². The normalized spacial score (nSPS) is 14.7. The molecule has 1 atom stereocenters. The summed E-state index contributed by atoms with van der Waals surface area (Å²) in [6.07, 6.45) is 1.64. The molecule has 6 heteroatoms. The first-order chi connectivity index (χ1) is 6.61. The molecule has 1 aromatic heterocycles. The number of nitrogens with one attached hydrogen (secondary N) is 1. The quantitative estimate of drug-likeness (QED) is 0.731. The number of aryl methyl sites for hydroxylation is 1. The second-order valence-corrected chi connectivity index (χ2v) is 4.15. The van der Waals surface area contributed by atoms with Gasteiger partial charge in [-0.25, -0.2) is 0 Å². The Kier molecular flexibility index (Phi) is 3.49. The van der Waals surface area contributed by atoms with Crippen molar-refractivity contribution in [2.45, 2.75) is 17.6 Å². The summed E-state index contributed by atoms with van der Waals surface area (Å²) in [5, 5.41) is 20.4. The van der Waals surface area contributed by atoms with Crippen LogP contribution < -0.4 is 5.32 Å². The van der Waals surface area contributed by atoms with Crippen molar-refractivity contribution < 1.29 is 0 Å². The molecule has 1 unspecified atom stereocenters. The van der Waals surface area contributed by atoms with Gasteiger partial charge in [0.1, 0.15) is 11.9 Å². The fraction of sp³-hybridized carbons (Fsp3) is 0.625. The van der Waals surface area contributed by atoms with Crippen molar-refractivity contribution in [2.75, 3.05) is 12.8 Å². The number of hydrogen-bond acceptors (Lipinski definition) is 5. The number of nitriles is 1. The Morgan fingerprint density at radius 3 is 2.93 bits per heavy atom. The van der Waals surface area contributed by atoms with Gasteiger partial charge in [0.2, 0.25) is 0 Å². The highest BCUT2D eigenvalue weighted by Gasteiger charge is 2.22. The molecule has 0 amide bonds. The molecule has 0 bridgehead atoms. The zero-order chi connectivity index (χ0) is 10.6. The van der Waals surface area contributed by atoms with Crippen molar-refractivity contribution in [3.05, 3.63) is 6.33 Å². The lowest BCUT2D eigenvalue weighted by Gasteiger charge is -2.19. The Morgan fingerprint density at radius 2 is 2.50 bits per heavy atom. The van der Waals surface area contributed by atoms with Gasteiger partial charge in [0.25, 0.3) is 0 Å². The molecule has 0 saturated heterocycles. The highest BCUT2D eigenvalue weighted by Crippen LogP contribution is 2.19. The predicted molar refractivity (Wildman–Crippen MR) is 54.8 cm³/mol. The molecule has 0 fully saturated rings. The fourth-order valence-electron chi connectivity index (χ4n) is 0.773. The summed E-state index contributed by atoms with van der Waals surface area (Å²) in [4.78, 5) is 0. The second-order valence-electron chi connectivity index (χ2n) is 3.21. The molecular weight excluding hydrogens is 198 g/mol. The summed E-state index contributed by atoms with van der Waals surface area (Å²) in [5.41, 5.74) is -0.517. The summed E-state index contributed by atoms with van der Waals surface area (Å²) in [6, 6.07) is 2.22. The van der Waals surface area contributed by atoms with Gasteiger partial charge in [-0.3, -0.25) is 0 Å². The van der Waals surface area contributed by atoms with Crippen molar-refractivity contribution in [2.24, 2.45) is 7.05 Å². The Hall–Kier alpha value is -1.06. The van der Waals surface area contributed by atoms with Crippen LogP contribution in [0.3, 0.4) is 0 Å². The number of nitrogens with zero attached hydrogens (tertiary/aromatic N) is 4. The molecule has 14 heavy (non-hydrogen) atoms. The van der Waals surface area contributed by atoms with Gasteiger partial charge in [-0.1, -0.05) is 11.8 Å². The minimum atomic E-state index is -0.517. The molecule has 0 aliphatic rings. The largest absolute Gasteiger partial charge is 0.312 e. The molecule has 0 radical (unpaired) electrons. The van der Waals surface area contributed by atoms with Crippen molar-refractivity contribution in [3.8, 4) is 6.07 Å². The zero-order valence-corrected chi connectivity index (χ0v) is 9.30. The van der Waals surface area contributed by atoms with E-state index in [2.05, 4.69) is 21.6 Å². The van der Waals surface area contributed by atoms with Crippen LogP contribution in [0.25, 0.3) is 0 Å². The van der Waals surface area contributed by atoms with Crippen LogP contribution in [-0.4, -0.2) is 33.1 Å². The fourth-order valence-corrected chi connectivity index (χ4v) is 1.75. The molecule has 0 aromatic carbocycles. The summed E-state index contributed by atoms with van der Waals surface area (Å²) in [6.45, 7) is 1.86. The van der Waals surface area contributed by atoms with Crippen LogP contribution >= 0.6 is 11.8 Å². The van der Waals surface area contributed by atoms with Gasteiger partial charge in [-0.05, 0) is 14.0 Å². The van der Waals surface area contributed by atoms with E-state index in [9.17, 15) is 0 Å². The third-order valence-corrected chi connectivity index (χ3v) is 3.31. The molecule has 0 spiro atoms. The van der Waals surface area contributed by atoms with E-state index < -0.39 is 5.54 Å². The highest BCUT2D eigenvalue weighted by atomic mass is 32.2. The van der Waals surface area contributed by atoms with Gasteiger partial charge in [0.15, 0.2) is 5.16 Å². The summed E-state index contributed by atoms with van der Waals surface area (Å²) >= 11 is 1.51. The Bertz CT molecular complexity index is 342. The van der Waals surface area contributed by atoms with Gasteiger partial charge in [-0.2, -0.15) is 5.26 Å². The number of aromatic nitrogens is 3. The molecule has 0 aliphatic carbocycles.